The number of amides is 2. The summed E-state index contributed by atoms with van der Waals surface area (Å²) in [7, 11) is 0. The Kier molecular flexibility index (Phi) is 9.95. The van der Waals surface area contributed by atoms with Gasteiger partial charge in [0.15, 0.2) is 0 Å². The van der Waals surface area contributed by atoms with Gasteiger partial charge < -0.3 is 10.2 Å². The zero-order valence-electron chi connectivity index (χ0n) is 18.6. The molecule has 0 saturated heterocycles. The van der Waals surface area contributed by atoms with E-state index in [1.165, 1.54) is 5.56 Å². The van der Waals surface area contributed by atoms with Gasteiger partial charge in [-0.2, -0.15) is 11.8 Å². The van der Waals surface area contributed by atoms with Gasteiger partial charge >= 0.3 is 0 Å². The molecule has 2 aromatic rings. The number of nitrogens with zero attached hydrogens (tertiary/aromatic N) is 1. The molecule has 0 aliphatic carbocycles. The SMILES string of the molecule is CCC(C)NC(=O)C(C)N(Cc1cccc(C)c1)C(=O)CCSCc1ccccc1. The Labute approximate surface area is 185 Å². The van der Waals surface area contributed by atoms with Crippen molar-refractivity contribution in [3.8, 4) is 0 Å². The molecule has 0 heterocycles. The standard InChI is InChI=1S/C25H34N2O2S/c1-5-20(3)26-25(29)21(4)27(17-23-13-9-10-19(2)16-23)24(28)14-15-30-18-22-11-7-6-8-12-22/h6-13,16,20-21H,5,14-15,17-18H2,1-4H3,(H,26,29). The molecule has 0 radical (unpaired) electrons. The monoisotopic (exact) mass is 426 g/mol. The second-order valence-corrected chi connectivity index (χ2v) is 8.90. The maximum atomic E-state index is 13.1. The molecule has 1 N–H and O–H groups in total. The number of hydrogen-bond donors (Lipinski definition) is 1. The fourth-order valence-electron chi connectivity index (χ4n) is 3.12. The first-order chi connectivity index (χ1) is 14.4. The van der Waals surface area contributed by atoms with Crippen LogP contribution in [-0.4, -0.2) is 34.6 Å². The van der Waals surface area contributed by atoms with Crippen molar-refractivity contribution in [2.45, 2.75) is 64.9 Å². The lowest BCUT2D eigenvalue weighted by Crippen LogP contribution is -2.49. The van der Waals surface area contributed by atoms with Gasteiger partial charge in [0.1, 0.15) is 6.04 Å². The number of benzene rings is 2. The topological polar surface area (TPSA) is 49.4 Å². The average molecular weight is 427 g/mol. The normalized spacial score (nSPS) is 12.8. The fraction of sp³-hybridized carbons (Fsp3) is 0.440. The van der Waals surface area contributed by atoms with Crippen molar-refractivity contribution in [3.63, 3.8) is 0 Å². The number of aryl methyl sites for hydroxylation is 1. The molecule has 0 spiro atoms. The summed E-state index contributed by atoms with van der Waals surface area (Å²) in [6, 6.07) is 18.0. The van der Waals surface area contributed by atoms with E-state index in [9.17, 15) is 9.59 Å². The number of carbonyl (C=O) groups is 2. The van der Waals surface area contributed by atoms with Crippen LogP contribution in [0.5, 0.6) is 0 Å². The Morgan fingerprint density at radius 2 is 1.73 bits per heavy atom. The molecule has 0 aliphatic rings. The van der Waals surface area contributed by atoms with E-state index in [0.29, 0.717) is 13.0 Å². The highest BCUT2D eigenvalue weighted by Gasteiger charge is 2.26. The number of nitrogens with one attached hydrogen (secondary N) is 1. The van der Waals surface area contributed by atoms with Crippen LogP contribution >= 0.6 is 11.8 Å². The number of hydrogen-bond acceptors (Lipinski definition) is 3. The smallest absolute Gasteiger partial charge is 0.242 e. The maximum Gasteiger partial charge on any atom is 0.242 e. The quantitative estimate of drug-likeness (QED) is 0.517. The van der Waals surface area contributed by atoms with Crippen LogP contribution in [-0.2, 0) is 21.9 Å². The number of thioether (sulfide) groups is 1. The minimum atomic E-state index is -0.508. The van der Waals surface area contributed by atoms with Crippen LogP contribution in [0.3, 0.4) is 0 Å². The molecule has 0 fully saturated rings. The van der Waals surface area contributed by atoms with Crippen molar-refractivity contribution in [2.24, 2.45) is 0 Å². The van der Waals surface area contributed by atoms with E-state index in [1.54, 1.807) is 16.7 Å². The van der Waals surface area contributed by atoms with E-state index >= 15 is 0 Å². The third-order valence-corrected chi connectivity index (χ3v) is 6.21. The Hall–Kier alpha value is -2.27. The van der Waals surface area contributed by atoms with Gasteiger partial charge in [-0.3, -0.25) is 9.59 Å². The van der Waals surface area contributed by atoms with Crippen molar-refractivity contribution < 1.29 is 9.59 Å². The minimum absolute atomic E-state index is 0.0175. The van der Waals surface area contributed by atoms with Crippen molar-refractivity contribution >= 4 is 23.6 Å². The van der Waals surface area contributed by atoms with Gasteiger partial charge in [0.25, 0.3) is 0 Å². The molecule has 0 aromatic heterocycles. The lowest BCUT2D eigenvalue weighted by molar-refractivity contribution is -0.140. The summed E-state index contributed by atoms with van der Waals surface area (Å²) >= 11 is 1.75. The van der Waals surface area contributed by atoms with E-state index < -0.39 is 6.04 Å². The Bertz CT molecular complexity index is 810. The molecule has 0 aliphatic heterocycles. The van der Waals surface area contributed by atoms with E-state index in [-0.39, 0.29) is 17.9 Å². The summed E-state index contributed by atoms with van der Waals surface area (Å²) in [5, 5.41) is 3.01. The molecule has 5 heteroatoms. The van der Waals surface area contributed by atoms with Gasteiger partial charge in [-0.15, -0.1) is 0 Å². The molecule has 4 nitrogen and oxygen atoms in total. The van der Waals surface area contributed by atoms with Gasteiger partial charge in [0.05, 0.1) is 0 Å². The largest absolute Gasteiger partial charge is 0.352 e. The molecule has 0 bridgehead atoms. The molecule has 30 heavy (non-hydrogen) atoms. The molecule has 2 atom stereocenters. The Balaban J connectivity index is 2.01. The van der Waals surface area contributed by atoms with Crippen LogP contribution in [0.1, 0.15) is 50.3 Å². The van der Waals surface area contributed by atoms with Crippen molar-refractivity contribution in [1.29, 1.82) is 0 Å². The Morgan fingerprint density at radius 1 is 1.03 bits per heavy atom. The average Bonchev–Trinajstić information content (AvgIpc) is 2.75. The summed E-state index contributed by atoms with van der Waals surface area (Å²) in [4.78, 5) is 27.5. The van der Waals surface area contributed by atoms with Crippen LogP contribution in [0.25, 0.3) is 0 Å². The van der Waals surface area contributed by atoms with Crippen molar-refractivity contribution in [3.05, 3.63) is 71.3 Å². The van der Waals surface area contributed by atoms with Gasteiger partial charge in [0.2, 0.25) is 11.8 Å². The molecule has 2 amide bonds. The van der Waals surface area contributed by atoms with Crippen molar-refractivity contribution in [2.75, 3.05) is 5.75 Å². The van der Waals surface area contributed by atoms with Crippen LogP contribution in [0.2, 0.25) is 0 Å². The molecule has 2 aromatic carbocycles. The summed E-state index contributed by atoms with van der Waals surface area (Å²) in [5.41, 5.74) is 3.45. The second-order valence-electron chi connectivity index (χ2n) is 7.79. The fourth-order valence-corrected chi connectivity index (χ4v) is 4.01. The highest BCUT2D eigenvalue weighted by Crippen LogP contribution is 2.16. The molecule has 2 unspecified atom stereocenters. The first kappa shape index (κ1) is 24.0. The first-order valence-corrected chi connectivity index (χ1v) is 11.8. The molecule has 2 rings (SSSR count). The van der Waals surface area contributed by atoms with Gasteiger partial charge in [-0.05, 0) is 38.3 Å². The third-order valence-electron chi connectivity index (χ3n) is 5.18. The number of rotatable bonds is 11. The highest BCUT2D eigenvalue weighted by atomic mass is 32.2. The lowest BCUT2D eigenvalue weighted by atomic mass is 10.1. The third kappa shape index (κ3) is 7.86. The van der Waals surface area contributed by atoms with Crippen LogP contribution < -0.4 is 5.32 Å². The minimum Gasteiger partial charge on any atom is -0.352 e. The lowest BCUT2D eigenvalue weighted by Gasteiger charge is -2.30. The number of carbonyl (C=O) groups excluding carboxylic acids is 2. The van der Waals surface area contributed by atoms with Crippen LogP contribution in [0.4, 0.5) is 0 Å². The first-order valence-electron chi connectivity index (χ1n) is 10.7. The van der Waals surface area contributed by atoms with Crippen molar-refractivity contribution in [1.82, 2.24) is 10.2 Å². The summed E-state index contributed by atoms with van der Waals surface area (Å²) in [6.45, 7) is 8.32. The second kappa shape index (κ2) is 12.4. The van der Waals surface area contributed by atoms with Crippen LogP contribution in [0, 0.1) is 6.92 Å². The highest BCUT2D eigenvalue weighted by molar-refractivity contribution is 7.98. The van der Waals surface area contributed by atoms with E-state index in [1.807, 2.05) is 64.1 Å². The zero-order chi connectivity index (χ0) is 21.9. The van der Waals surface area contributed by atoms with Gasteiger partial charge in [-0.25, -0.2) is 0 Å². The molecular formula is C25H34N2O2S. The van der Waals surface area contributed by atoms with E-state index in [4.69, 9.17) is 0 Å². The molecular weight excluding hydrogens is 392 g/mol. The van der Waals surface area contributed by atoms with E-state index in [2.05, 4.69) is 23.5 Å². The van der Waals surface area contributed by atoms with E-state index in [0.717, 1.165) is 29.1 Å². The predicted octanol–water partition coefficient (Wildman–Crippen LogP) is 4.95. The summed E-state index contributed by atoms with van der Waals surface area (Å²) in [6.07, 6.45) is 1.28. The summed E-state index contributed by atoms with van der Waals surface area (Å²) < 4.78 is 0. The van der Waals surface area contributed by atoms with Gasteiger partial charge in [-0.1, -0.05) is 67.1 Å². The zero-order valence-corrected chi connectivity index (χ0v) is 19.4. The predicted molar refractivity (Wildman–Crippen MR) is 126 cm³/mol. The maximum absolute atomic E-state index is 13.1. The molecule has 0 saturated carbocycles. The van der Waals surface area contributed by atoms with Gasteiger partial charge in [0, 0.05) is 30.5 Å². The van der Waals surface area contributed by atoms with Crippen LogP contribution in [0.15, 0.2) is 54.6 Å². The Morgan fingerprint density at radius 3 is 2.40 bits per heavy atom. The molecule has 162 valence electrons. The summed E-state index contributed by atoms with van der Waals surface area (Å²) in [5.74, 6) is 1.54.